The molecule has 20 heavy (non-hydrogen) atoms. The van der Waals surface area contributed by atoms with Gasteiger partial charge in [0.2, 0.25) is 0 Å². The van der Waals surface area contributed by atoms with E-state index in [4.69, 9.17) is 4.74 Å². The fraction of sp³-hybridized carbons (Fsp3) is 0.750. The third kappa shape index (κ3) is 6.22. The van der Waals surface area contributed by atoms with Gasteiger partial charge in [0, 0.05) is 12.0 Å². The van der Waals surface area contributed by atoms with Gasteiger partial charge in [-0.1, -0.05) is 39.0 Å². The van der Waals surface area contributed by atoms with E-state index in [9.17, 15) is 9.59 Å². The van der Waals surface area contributed by atoms with Crippen LogP contribution < -0.4 is 0 Å². The molecule has 0 aromatic carbocycles. The number of rotatable bonds is 10. The lowest BCUT2D eigenvalue weighted by molar-refractivity contribution is -0.141. The summed E-state index contributed by atoms with van der Waals surface area (Å²) in [7, 11) is 1.35. The van der Waals surface area contributed by atoms with Crippen LogP contribution in [0.4, 0.5) is 0 Å². The van der Waals surface area contributed by atoms with Crippen molar-refractivity contribution in [3.8, 4) is 0 Å². The second-order valence-electron chi connectivity index (χ2n) is 5.27. The first-order chi connectivity index (χ1) is 9.67. The molecule has 0 saturated carbocycles. The standard InChI is InChI=1S/C16H26O4/c1-3-4-5-6-7-8-9-14-12-13(16(18)20-14)10-11-15(17)19-2/h12,14H,3-11H2,1-2H3. The van der Waals surface area contributed by atoms with Gasteiger partial charge in [-0.25, -0.2) is 4.79 Å². The number of methoxy groups -OCH3 is 1. The highest BCUT2D eigenvalue weighted by atomic mass is 16.5. The van der Waals surface area contributed by atoms with Gasteiger partial charge in [-0.2, -0.15) is 0 Å². The first kappa shape index (κ1) is 16.7. The molecule has 1 aliphatic heterocycles. The SMILES string of the molecule is CCCCCCCCC1C=C(CCC(=O)OC)C(=O)O1. The molecule has 4 nitrogen and oxygen atoms in total. The maximum absolute atomic E-state index is 11.6. The Morgan fingerprint density at radius 1 is 1.25 bits per heavy atom. The highest BCUT2D eigenvalue weighted by Crippen LogP contribution is 2.22. The summed E-state index contributed by atoms with van der Waals surface area (Å²) >= 11 is 0. The molecule has 4 heteroatoms. The molecule has 0 radical (unpaired) electrons. The zero-order chi connectivity index (χ0) is 14.8. The lowest BCUT2D eigenvalue weighted by atomic mass is 10.1. The van der Waals surface area contributed by atoms with E-state index in [2.05, 4.69) is 11.7 Å². The van der Waals surface area contributed by atoms with Crippen molar-refractivity contribution in [2.75, 3.05) is 7.11 Å². The summed E-state index contributed by atoms with van der Waals surface area (Å²) in [6.07, 6.45) is 10.7. The summed E-state index contributed by atoms with van der Waals surface area (Å²) in [4.78, 5) is 22.7. The average molecular weight is 282 g/mol. The molecule has 0 aromatic heterocycles. The van der Waals surface area contributed by atoms with Crippen LogP contribution in [0.25, 0.3) is 0 Å². The summed E-state index contributed by atoms with van der Waals surface area (Å²) in [5, 5.41) is 0. The molecule has 0 aliphatic carbocycles. The molecule has 1 unspecified atom stereocenters. The molecule has 0 spiro atoms. The smallest absolute Gasteiger partial charge is 0.334 e. The van der Waals surface area contributed by atoms with Gasteiger partial charge in [-0.3, -0.25) is 4.79 Å². The van der Waals surface area contributed by atoms with Crippen LogP contribution in [0.1, 0.15) is 64.7 Å². The van der Waals surface area contributed by atoms with Gasteiger partial charge >= 0.3 is 11.9 Å². The van der Waals surface area contributed by atoms with Gasteiger partial charge in [0.25, 0.3) is 0 Å². The number of ether oxygens (including phenoxy) is 2. The minimum Gasteiger partial charge on any atom is -0.469 e. The number of hydrogen-bond donors (Lipinski definition) is 0. The van der Waals surface area contributed by atoms with Crippen molar-refractivity contribution in [1.82, 2.24) is 0 Å². The Hall–Kier alpha value is -1.32. The fourth-order valence-corrected chi connectivity index (χ4v) is 2.33. The lowest BCUT2D eigenvalue weighted by Gasteiger charge is -2.07. The molecular weight excluding hydrogens is 256 g/mol. The first-order valence-electron chi connectivity index (χ1n) is 7.65. The Bertz CT molecular complexity index is 346. The average Bonchev–Trinajstić information content (AvgIpc) is 2.80. The summed E-state index contributed by atoms with van der Waals surface area (Å²) in [6.45, 7) is 2.21. The zero-order valence-corrected chi connectivity index (χ0v) is 12.7. The van der Waals surface area contributed by atoms with Crippen molar-refractivity contribution >= 4 is 11.9 Å². The Morgan fingerprint density at radius 2 is 1.95 bits per heavy atom. The number of carbonyl (C=O) groups is 2. The molecule has 0 amide bonds. The van der Waals surface area contributed by atoms with Crippen molar-refractivity contribution in [1.29, 1.82) is 0 Å². The summed E-state index contributed by atoms with van der Waals surface area (Å²) in [5.74, 6) is -0.567. The number of hydrogen-bond acceptors (Lipinski definition) is 4. The van der Waals surface area contributed by atoms with Crippen molar-refractivity contribution < 1.29 is 19.1 Å². The molecule has 0 fully saturated rings. The van der Waals surface area contributed by atoms with Crippen LogP contribution in [0.5, 0.6) is 0 Å². The van der Waals surface area contributed by atoms with Crippen LogP contribution in [0.15, 0.2) is 11.6 Å². The van der Waals surface area contributed by atoms with Gasteiger partial charge in [0.05, 0.1) is 7.11 Å². The third-order valence-electron chi connectivity index (χ3n) is 3.58. The van der Waals surface area contributed by atoms with Gasteiger partial charge in [0.15, 0.2) is 0 Å². The highest BCUT2D eigenvalue weighted by Gasteiger charge is 2.25. The third-order valence-corrected chi connectivity index (χ3v) is 3.58. The predicted molar refractivity (Wildman–Crippen MR) is 77.2 cm³/mol. The number of carbonyl (C=O) groups excluding carboxylic acids is 2. The maximum atomic E-state index is 11.6. The first-order valence-corrected chi connectivity index (χ1v) is 7.65. The van der Waals surface area contributed by atoms with Crippen molar-refractivity contribution in [2.24, 2.45) is 0 Å². The van der Waals surface area contributed by atoms with Crippen molar-refractivity contribution in [2.45, 2.75) is 70.8 Å². The molecule has 0 N–H and O–H groups in total. The number of cyclic esters (lactones) is 1. The predicted octanol–water partition coefficient (Wildman–Crippen LogP) is 3.54. The molecule has 1 atom stereocenters. The zero-order valence-electron chi connectivity index (χ0n) is 12.7. The topological polar surface area (TPSA) is 52.6 Å². The highest BCUT2D eigenvalue weighted by molar-refractivity contribution is 5.91. The molecule has 1 rings (SSSR count). The van der Waals surface area contributed by atoms with Crippen LogP contribution in [-0.2, 0) is 19.1 Å². The minimum atomic E-state index is -0.293. The Kier molecular flexibility index (Phi) is 8.00. The Balaban J connectivity index is 2.19. The van der Waals surface area contributed by atoms with Gasteiger partial charge in [0.1, 0.15) is 6.10 Å². The quantitative estimate of drug-likeness (QED) is 0.454. The normalized spacial score (nSPS) is 17.8. The monoisotopic (exact) mass is 282 g/mol. The second-order valence-corrected chi connectivity index (χ2v) is 5.27. The van der Waals surface area contributed by atoms with Gasteiger partial charge < -0.3 is 9.47 Å². The second kappa shape index (κ2) is 9.56. The van der Waals surface area contributed by atoms with Crippen LogP contribution in [0, 0.1) is 0 Å². The van der Waals surface area contributed by atoms with Crippen LogP contribution in [0.3, 0.4) is 0 Å². The van der Waals surface area contributed by atoms with E-state index < -0.39 is 0 Å². The molecule has 0 saturated heterocycles. The van der Waals surface area contributed by atoms with Crippen LogP contribution in [-0.4, -0.2) is 25.2 Å². The maximum Gasteiger partial charge on any atom is 0.334 e. The van der Waals surface area contributed by atoms with Crippen LogP contribution >= 0.6 is 0 Å². The number of esters is 2. The van der Waals surface area contributed by atoms with E-state index in [0.29, 0.717) is 12.0 Å². The van der Waals surface area contributed by atoms with Crippen molar-refractivity contribution in [3.63, 3.8) is 0 Å². The fourth-order valence-electron chi connectivity index (χ4n) is 2.33. The molecule has 1 heterocycles. The van der Waals surface area contributed by atoms with Crippen molar-refractivity contribution in [3.05, 3.63) is 11.6 Å². The number of unbranched alkanes of at least 4 members (excludes halogenated alkanes) is 5. The van der Waals surface area contributed by atoms with E-state index in [1.54, 1.807) is 0 Å². The van der Waals surface area contributed by atoms with Gasteiger partial charge in [-0.05, 0) is 25.3 Å². The van der Waals surface area contributed by atoms with E-state index in [1.807, 2.05) is 6.08 Å². The van der Waals surface area contributed by atoms with E-state index in [-0.39, 0.29) is 24.5 Å². The van der Waals surface area contributed by atoms with E-state index >= 15 is 0 Å². The molecule has 1 aliphatic rings. The summed E-state index contributed by atoms with van der Waals surface area (Å²) in [5.41, 5.74) is 0.617. The largest absolute Gasteiger partial charge is 0.469 e. The Labute approximate surface area is 121 Å². The molecule has 0 bridgehead atoms. The lowest BCUT2D eigenvalue weighted by Crippen LogP contribution is -2.08. The molecule has 114 valence electrons. The molecule has 0 aromatic rings. The van der Waals surface area contributed by atoms with Crippen LogP contribution in [0.2, 0.25) is 0 Å². The Morgan fingerprint density at radius 3 is 2.65 bits per heavy atom. The molecular formula is C16H26O4. The van der Waals surface area contributed by atoms with E-state index in [0.717, 1.165) is 12.8 Å². The summed E-state index contributed by atoms with van der Waals surface area (Å²) in [6, 6.07) is 0. The minimum absolute atomic E-state index is 0.0960. The summed E-state index contributed by atoms with van der Waals surface area (Å²) < 4.78 is 9.85. The van der Waals surface area contributed by atoms with Gasteiger partial charge in [-0.15, -0.1) is 0 Å². The van der Waals surface area contributed by atoms with E-state index in [1.165, 1.54) is 39.2 Å².